The van der Waals surface area contributed by atoms with Crippen molar-refractivity contribution in [1.29, 1.82) is 0 Å². The summed E-state index contributed by atoms with van der Waals surface area (Å²) in [5.41, 5.74) is 8.44. The maximum atomic E-state index is 12.4. The van der Waals surface area contributed by atoms with Gasteiger partial charge in [0.25, 0.3) is 5.91 Å². The van der Waals surface area contributed by atoms with Gasteiger partial charge in [0.1, 0.15) is 10.7 Å². The Morgan fingerprint density at radius 1 is 1.38 bits per heavy atom. The molecule has 1 aliphatic rings. The Morgan fingerprint density at radius 3 is 2.81 bits per heavy atom. The Hall–Kier alpha value is -1.61. The molecular weight excluding hydrogens is 368 g/mol. The van der Waals surface area contributed by atoms with E-state index in [1.54, 1.807) is 17.1 Å². The van der Waals surface area contributed by atoms with Gasteiger partial charge in [-0.25, -0.2) is 4.98 Å². The molecular formula is C18H24N4O2S2. The normalized spacial score (nSPS) is 15.7. The lowest BCUT2D eigenvalue weighted by Gasteiger charge is -2.28. The fourth-order valence-electron chi connectivity index (χ4n) is 2.70. The van der Waals surface area contributed by atoms with Crippen molar-refractivity contribution in [1.82, 2.24) is 4.98 Å². The molecule has 1 saturated heterocycles. The number of nitrogens with two attached hydrogens (primary N) is 1. The van der Waals surface area contributed by atoms with Crippen LogP contribution in [0, 0.1) is 0 Å². The highest BCUT2D eigenvalue weighted by Gasteiger charge is 2.16. The van der Waals surface area contributed by atoms with E-state index in [-0.39, 0.29) is 11.9 Å². The molecule has 0 aliphatic carbocycles. The number of hydrogen-bond acceptors (Lipinski definition) is 7. The summed E-state index contributed by atoms with van der Waals surface area (Å²) < 4.78 is 5.37. The molecule has 8 heteroatoms. The van der Waals surface area contributed by atoms with Gasteiger partial charge in [0.15, 0.2) is 0 Å². The number of benzene rings is 1. The van der Waals surface area contributed by atoms with Crippen molar-refractivity contribution >= 4 is 40.4 Å². The highest BCUT2D eigenvalue weighted by atomic mass is 32.2. The predicted molar refractivity (Wildman–Crippen MR) is 109 cm³/mol. The fourth-order valence-corrected chi connectivity index (χ4v) is 4.03. The number of aromatic nitrogens is 1. The molecule has 1 fully saturated rings. The molecule has 3 N–H and O–H groups in total. The standard InChI is InChI=1S/C18H24N4O2S2/c1-25-11-6-15(19)18-21-16(12-26-18)17(23)20-13-2-4-14(5-3-13)22-7-9-24-10-8-22/h2-5,12,15H,6-11,19H2,1H3,(H,20,23)/t15-/m0/s1. The highest BCUT2D eigenvalue weighted by molar-refractivity contribution is 7.98. The lowest BCUT2D eigenvalue weighted by atomic mass is 10.2. The third kappa shape index (κ3) is 4.97. The summed E-state index contributed by atoms with van der Waals surface area (Å²) in [7, 11) is 0. The molecule has 0 saturated carbocycles. The van der Waals surface area contributed by atoms with Crippen LogP contribution in [0.3, 0.4) is 0 Å². The number of nitrogens with one attached hydrogen (secondary N) is 1. The topological polar surface area (TPSA) is 80.5 Å². The zero-order chi connectivity index (χ0) is 18.4. The van der Waals surface area contributed by atoms with E-state index in [0.717, 1.165) is 54.9 Å². The van der Waals surface area contributed by atoms with Crippen LogP contribution in [0.15, 0.2) is 29.6 Å². The molecule has 1 aromatic carbocycles. The Kier molecular flexibility index (Phi) is 6.90. The van der Waals surface area contributed by atoms with Crippen LogP contribution in [0.5, 0.6) is 0 Å². The quantitative estimate of drug-likeness (QED) is 0.754. The number of rotatable bonds is 7. The molecule has 140 valence electrons. The molecule has 0 spiro atoms. The first kappa shape index (κ1) is 19.2. The van der Waals surface area contributed by atoms with Gasteiger partial charge < -0.3 is 20.7 Å². The SMILES string of the molecule is CSCC[C@H](N)c1nc(C(=O)Nc2ccc(N3CCOCC3)cc2)cs1. The number of thioether (sulfide) groups is 1. The first-order valence-corrected chi connectivity index (χ1v) is 10.9. The van der Waals surface area contributed by atoms with Crippen LogP contribution >= 0.6 is 23.1 Å². The van der Waals surface area contributed by atoms with Gasteiger partial charge in [0.05, 0.1) is 19.3 Å². The van der Waals surface area contributed by atoms with E-state index < -0.39 is 0 Å². The molecule has 1 aromatic heterocycles. The van der Waals surface area contributed by atoms with E-state index in [9.17, 15) is 4.79 Å². The van der Waals surface area contributed by atoms with Gasteiger partial charge in [-0.15, -0.1) is 11.3 Å². The minimum Gasteiger partial charge on any atom is -0.378 e. The molecule has 0 radical (unpaired) electrons. The second-order valence-corrected chi connectivity index (χ2v) is 7.93. The van der Waals surface area contributed by atoms with Crippen molar-refractivity contribution in [3.63, 3.8) is 0 Å². The maximum absolute atomic E-state index is 12.4. The highest BCUT2D eigenvalue weighted by Crippen LogP contribution is 2.22. The number of carbonyl (C=O) groups is 1. The van der Waals surface area contributed by atoms with Crippen molar-refractivity contribution < 1.29 is 9.53 Å². The third-order valence-corrected chi connectivity index (χ3v) is 5.83. The molecule has 1 aliphatic heterocycles. The van der Waals surface area contributed by atoms with Crippen molar-refractivity contribution in [3.05, 3.63) is 40.3 Å². The minimum absolute atomic E-state index is 0.109. The molecule has 6 nitrogen and oxygen atoms in total. The second-order valence-electron chi connectivity index (χ2n) is 6.06. The summed E-state index contributed by atoms with van der Waals surface area (Å²) in [4.78, 5) is 19.1. The number of morpholine rings is 1. The number of ether oxygens (including phenoxy) is 1. The van der Waals surface area contributed by atoms with Gasteiger partial charge in [-0.2, -0.15) is 11.8 Å². The van der Waals surface area contributed by atoms with Gasteiger partial charge in [-0.3, -0.25) is 4.79 Å². The van der Waals surface area contributed by atoms with Gasteiger partial charge in [0.2, 0.25) is 0 Å². The van der Waals surface area contributed by atoms with Crippen LogP contribution in [0.2, 0.25) is 0 Å². The Balaban J connectivity index is 1.58. The predicted octanol–water partition coefficient (Wildman–Crippen LogP) is 2.98. The molecule has 3 rings (SSSR count). The van der Waals surface area contributed by atoms with Crippen molar-refractivity contribution in [3.8, 4) is 0 Å². The molecule has 0 bridgehead atoms. The number of thiazole rings is 1. The molecule has 0 unspecified atom stereocenters. The average molecular weight is 393 g/mol. The third-order valence-electron chi connectivity index (χ3n) is 4.21. The van der Waals surface area contributed by atoms with Crippen LogP contribution in [0.1, 0.15) is 28.0 Å². The summed E-state index contributed by atoms with van der Waals surface area (Å²) in [6.07, 6.45) is 2.91. The molecule has 26 heavy (non-hydrogen) atoms. The molecule has 2 aromatic rings. The summed E-state index contributed by atoms with van der Waals surface area (Å²) in [5.74, 6) is 0.779. The fraction of sp³-hybridized carbons (Fsp3) is 0.444. The summed E-state index contributed by atoms with van der Waals surface area (Å²) in [6, 6.07) is 7.76. The first-order chi connectivity index (χ1) is 12.7. The van der Waals surface area contributed by atoms with Gasteiger partial charge in [-0.1, -0.05) is 0 Å². The summed E-state index contributed by atoms with van der Waals surface area (Å²) in [5, 5.41) is 5.48. The van der Waals surface area contributed by atoms with Gasteiger partial charge in [0, 0.05) is 29.8 Å². The second kappa shape index (κ2) is 9.36. The maximum Gasteiger partial charge on any atom is 0.275 e. The van der Waals surface area contributed by atoms with Crippen molar-refractivity contribution in [2.75, 3.05) is 48.5 Å². The number of amides is 1. The van der Waals surface area contributed by atoms with E-state index >= 15 is 0 Å². The smallest absolute Gasteiger partial charge is 0.275 e. The Morgan fingerprint density at radius 2 is 2.12 bits per heavy atom. The van der Waals surface area contributed by atoms with Gasteiger partial charge >= 0.3 is 0 Å². The summed E-state index contributed by atoms with van der Waals surface area (Å²) >= 11 is 3.20. The zero-order valence-corrected chi connectivity index (χ0v) is 16.4. The van der Waals surface area contributed by atoms with E-state index in [2.05, 4.69) is 21.5 Å². The zero-order valence-electron chi connectivity index (χ0n) is 14.8. The van der Waals surface area contributed by atoms with Crippen LogP contribution in [0.25, 0.3) is 0 Å². The van der Waals surface area contributed by atoms with E-state index in [4.69, 9.17) is 10.5 Å². The van der Waals surface area contributed by atoms with Crippen LogP contribution in [-0.4, -0.2) is 49.2 Å². The number of carbonyl (C=O) groups excluding carboxylic acids is 1. The van der Waals surface area contributed by atoms with Crippen LogP contribution in [-0.2, 0) is 4.74 Å². The molecule has 1 atom stereocenters. The number of anilines is 2. The van der Waals surface area contributed by atoms with Crippen LogP contribution < -0.4 is 16.0 Å². The lowest BCUT2D eigenvalue weighted by Crippen LogP contribution is -2.36. The van der Waals surface area contributed by atoms with Crippen molar-refractivity contribution in [2.24, 2.45) is 5.73 Å². The van der Waals surface area contributed by atoms with Crippen LogP contribution in [0.4, 0.5) is 11.4 Å². The van der Waals surface area contributed by atoms with E-state index in [1.807, 2.05) is 24.3 Å². The first-order valence-electron chi connectivity index (χ1n) is 8.61. The Labute approximate surface area is 162 Å². The van der Waals surface area contributed by atoms with Crippen molar-refractivity contribution in [2.45, 2.75) is 12.5 Å². The van der Waals surface area contributed by atoms with E-state index in [1.165, 1.54) is 11.3 Å². The monoisotopic (exact) mass is 392 g/mol. The van der Waals surface area contributed by atoms with E-state index in [0.29, 0.717) is 5.69 Å². The largest absolute Gasteiger partial charge is 0.378 e. The van der Waals surface area contributed by atoms with Gasteiger partial charge in [-0.05, 0) is 42.7 Å². The summed E-state index contributed by atoms with van der Waals surface area (Å²) in [6.45, 7) is 3.29. The number of hydrogen-bond donors (Lipinski definition) is 2. The molecule has 2 heterocycles. The average Bonchev–Trinajstić information content (AvgIpc) is 3.18. The Bertz CT molecular complexity index is 714. The number of nitrogens with zero attached hydrogens (tertiary/aromatic N) is 2. The lowest BCUT2D eigenvalue weighted by molar-refractivity contribution is 0.102. The molecule has 1 amide bonds. The minimum atomic E-state index is -0.205.